The quantitative estimate of drug-likeness (QED) is 0.653. The van der Waals surface area contributed by atoms with E-state index in [1.54, 1.807) is 0 Å². The third-order valence-corrected chi connectivity index (χ3v) is 3.28. The van der Waals surface area contributed by atoms with Gasteiger partial charge in [-0.15, -0.1) is 0 Å². The Hall–Kier alpha value is -0.0800. The molecule has 0 radical (unpaired) electrons. The van der Waals surface area contributed by atoms with E-state index >= 15 is 0 Å². The molecule has 1 aliphatic rings. The lowest BCUT2D eigenvalue weighted by atomic mass is 9.90. The molecule has 1 heterocycles. The van der Waals surface area contributed by atoms with Crippen LogP contribution in [0.5, 0.6) is 0 Å². The van der Waals surface area contributed by atoms with Crippen LogP contribution in [-0.4, -0.2) is 36.2 Å². The van der Waals surface area contributed by atoms with E-state index < -0.39 is 0 Å². The molecular weight excluding hydrogens is 162 g/mol. The molecule has 2 nitrogen and oxygen atoms in total. The van der Waals surface area contributed by atoms with Crippen molar-refractivity contribution in [3.8, 4) is 0 Å². The number of ether oxygens (including phenoxy) is 1. The van der Waals surface area contributed by atoms with Crippen molar-refractivity contribution in [2.24, 2.45) is 5.92 Å². The molecule has 0 spiro atoms. The highest BCUT2D eigenvalue weighted by atomic mass is 16.5. The Morgan fingerprint density at radius 3 is 2.31 bits per heavy atom. The SMILES string of the molecule is CC(C)N1CCO[C@](C)(C(C)C)C1. The Morgan fingerprint density at radius 1 is 1.23 bits per heavy atom. The molecule has 1 saturated heterocycles. The summed E-state index contributed by atoms with van der Waals surface area (Å²) in [6.45, 7) is 14.3. The van der Waals surface area contributed by atoms with Crippen LogP contribution in [0.2, 0.25) is 0 Å². The van der Waals surface area contributed by atoms with Gasteiger partial charge in [-0.3, -0.25) is 4.90 Å². The number of rotatable bonds is 2. The normalized spacial score (nSPS) is 31.6. The second kappa shape index (κ2) is 3.97. The van der Waals surface area contributed by atoms with E-state index in [2.05, 4.69) is 39.5 Å². The zero-order valence-electron chi connectivity index (χ0n) is 9.63. The molecule has 13 heavy (non-hydrogen) atoms. The summed E-state index contributed by atoms with van der Waals surface area (Å²) in [6.07, 6.45) is 0. The smallest absolute Gasteiger partial charge is 0.0804 e. The van der Waals surface area contributed by atoms with Gasteiger partial charge in [-0.2, -0.15) is 0 Å². The molecule has 0 bridgehead atoms. The van der Waals surface area contributed by atoms with E-state index in [0.29, 0.717) is 12.0 Å². The zero-order valence-corrected chi connectivity index (χ0v) is 9.63. The lowest BCUT2D eigenvalue weighted by Crippen LogP contribution is -2.54. The number of hydrogen-bond donors (Lipinski definition) is 0. The van der Waals surface area contributed by atoms with Gasteiger partial charge in [0.05, 0.1) is 12.2 Å². The highest BCUT2D eigenvalue weighted by molar-refractivity contribution is 4.87. The standard InChI is InChI=1S/C11H23NO/c1-9(2)11(5)8-12(10(3)4)6-7-13-11/h9-10H,6-8H2,1-5H3/t11-/m0/s1. The summed E-state index contributed by atoms with van der Waals surface area (Å²) < 4.78 is 5.87. The molecule has 0 unspecified atom stereocenters. The topological polar surface area (TPSA) is 12.5 Å². The van der Waals surface area contributed by atoms with Crippen LogP contribution in [0.3, 0.4) is 0 Å². The van der Waals surface area contributed by atoms with Gasteiger partial charge >= 0.3 is 0 Å². The summed E-state index contributed by atoms with van der Waals surface area (Å²) in [5.74, 6) is 0.592. The predicted molar refractivity (Wildman–Crippen MR) is 55.9 cm³/mol. The summed E-state index contributed by atoms with van der Waals surface area (Å²) in [4.78, 5) is 2.50. The van der Waals surface area contributed by atoms with Crippen molar-refractivity contribution in [1.29, 1.82) is 0 Å². The number of nitrogens with zero attached hydrogens (tertiary/aromatic N) is 1. The van der Waals surface area contributed by atoms with Crippen LogP contribution in [0, 0.1) is 5.92 Å². The van der Waals surface area contributed by atoms with Crippen molar-refractivity contribution in [2.75, 3.05) is 19.7 Å². The van der Waals surface area contributed by atoms with Crippen molar-refractivity contribution in [3.63, 3.8) is 0 Å². The molecule has 1 atom stereocenters. The van der Waals surface area contributed by atoms with E-state index in [-0.39, 0.29) is 5.60 Å². The molecule has 0 aromatic heterocycles. The van der Waals surface area contributed by atoms with Crippen LogP contribution >= 0.6 is 0 Å². The second-order valence-corrected chi connectivity index (χ2v) is 4.88. The fourth-order valence-electron chi connectivity index (χ4n) is 1.71. The average Bonchev–Trinajstić information content (AvgIpc) is 2.04. The minimum absolute atomic E-state index is 0.0581. The second-order valence-electron chi connectivity index (χ2n) is 4.88. The van der Waals surface area contributed by atoms with Crippen LogP contribution in [0.4, 0.5) is 0 Å². The summed E-state index contributed by atoms with van der Waals surface area (Å²) >= 11 is 0. The van der Waals surface area contributed by atoms with Gasteiger partial charge in [0.2, 0.25) is 0 Å². The van der Waals surface area contributed by atoms with Gasteiger partial charge in [0.15, 0.2) is 0 Å². The molecule has 0 aromatic carbocycles. The van der Waals surface area contributed by atoms with Gasteiger partial charge in [-0.25, -0.2) is 0 Å². The van der Waals surface area contributed by atoms with Crippen LogP contribution in [0.15, 0.2) is 0 Å². The van der Waals surface area contributed by atoms with Crippen LogP contribution < -0.4 is 0 Å². The largest absolute Gasteiger partial charge is 0.372 e. The maximum absolute atomic E-state index is 5.87. The molecule has 0 N–H and O–H groups in total. The molecule has 0 saturated carbocycles. The lowest BCUT2D eigenvalue weighted by Gasteiger charge is -2.44. The van der Waals surface area contributed by atoms with Gasteiger partial charge in [-0.1, -0.05) is 13.8 Å². The van der Waals surface area contributed by atoms with E-state index in [1.807, 2.05) is 0 Å². The molecule has 1 rings (SSSR count). The van der Waals surface area contributed by atoms with Crippen LogP contribution in [0.25, 0.3) is 0 Å². The summed E-state index contributed by atoms with van der Waals surface area (Å²) in [5.41, 5.74) is 0.0581. The molecule has 0 aromatic rings. The highest BCUT2D eigenvalue weighted by Gasteiger charge is 2.35. The van der Waals surface area contributed by atoms with Gasteiger partial charge in [0.25, 0.3) is 0 Å². The van der Waals surface area contributed by atoms with Crippen molar-refractivity contribution >= 4 is 0 Å². The first-order valence-electron chi connectivity index (χ1n) is 5.34. The summed E-state index contributed by atoms with van der Waals surface area (Å²) in [7, 11) is 0. The van der Waals surface area contributed by atoms with Gasteiger partial charge in [0.1, 0.15) is 0 Å². The van der Waals surface area contributed by atoms with Crippen LogP contribution in [-0.2, 0) is 4.74 Å². The highest BCUT2D eigenvalue weighted by Crippen LogP contribution is 2.26. The maximum atomic E-state index is 5.87. The first kappa shape index (κ1) is 11.0. The zero-order chi connectivity index (χ0) is 10.1. The summed E-state index contributed by atoms with van der Waals surface area (Å²) in [6, 6.07) is 0.641. The number of morpholine rings is 1. The number of hydrogen-bond acceptors (Lipinski definition) is 2. The molecule has 0 amide bonds. The van der Waals surface area contributed by atoms with Gasteiger partial charge in [0, 0.05) is 19.1 Å². The van der Waals surface area contributed by atoms with E-state index in [4.69, 9.17) is 4.74 Å². The monoisotopic (exact) mass is 185 g/mol. The van der Waals surface area contributed by atoms with Crippen molar-refractivity contribution in [3.05, 3.63) is 0 Å². The first-order valence-corrected chi connectivity index (χ1v) is 5.34. The van der Waals surface area contributed by atoms with Gasteiger partial charge < -0.3 is 4.74 Å². The van der Waals surface area contributed by atoms with E-state index in [1.165, 1.54) is 0 Å². The molecule has 1 aliphatic heterocycles. The van der Waals surface area contributed by atoms with Gasteiger partial charge in [-0.05, 0) is 26.7 Å². The molecule has 1 fully saturated rings. The minimum Gasteiger partial charge on any atom is -0.372 e. The minimum atomic E-state index is 0.0581. The average molecular weight is 185 g/mol. The van der Waals surface area contributed by atoms with Crippen LogP contribution in [0.1, 0.15) is 34.6 Å². The van der Waals surface area contributed by atoms with Crippen molar-refractivity contribution in [2.45, 2.75) is 46.3 Å². The molecular formula is C11H23NO. The molecule has 78 valence electrons. The third-order valence-electron chi connectivity index (χ3n) is 3.28. The van der Waals surface area contributed by atoms with Crippen molar-refractivity contribution < 1.29 is 4.74 Å². The van der Waals surface area contributed by atoms with Crippen molar-refractivity contribution in [1.82, 2.24) is 4.90 Å². The Balaban J connectivity index is 2.60. The Morgan fingerprint density at radius 2 is 1.85 bits per heavy atom. The Kier molecular flexibility index (Phi) is 3.36. The summed E-state index contributed by atoms with van der Waals surface area (Å²) in [5, 5.41) is 0. The Labute approximate surface area is 82.3 Å². The third kappa shape index (κ3) is 2.44. The van der Waals surface area contributed by atoms with E-state index in [0.717, 1.165) is 19.7 Å². The van der Waals surface area contributed by atoms with E-state index in [9.17, 15) is 0 Å². The fourth-order valence-corrected chi connectivity index (χ4v) is 1.71. The lowest BCUT2D eigenvalue weighted by molar-refractivity contribution is -0.129. The molecule has 0 aliphatic carbocycles. The molecule has 2 heteroatoms. The Bertz CT molecular complexity index is 167. The fraction of sp³-hybridized carbons (Fsp3) is 1.00. The predicted octanol–water partition coefficient (Wildman–Crippen LogP) is 2.14. The first-order chi connectivity index (χ1) is 5.96. The maximum Gasteiger partial charge on any atom is 0.0804 e.